The Balaban J connectivity index is 1.77. The second-order valence-electron chi connectivity index (χ2n) is 5.04. The van der Waals surface area contributed by atoms with E-state index in [0.717, 1.165) is 12.1 Å². The number of phenols is 2. The predicted octanol–water partition coefficient (Wildman–Crippen LogP) is 1.67. The van der Waals surface area contributed by atoms with E-state index in [9.17, 15) is 10.2 Å². The summed E-state index contributed by atoms with van der Waals surface area (Å²) >= 11 is 0. The van der Waals surface area contributed by atoms with Crippen LogP contribution in [0.4, 0.5) is 0 Å². The molecule has 4 heteroatoms. The summed E-state index contributed by atoms with van der Waals surface area (Å²) in [5.74, 6) is 0.248. The van der Waals surface area contributed by atoms with Gasteiger partial charge in [-0.15, -0.1) is 0 Å². The molecule has 1 atom stereocenters. The van der Waals surface area contributed by atoms with E-state index < -0.39 is 0 Å². The van der Waals surface area contributed by atoms with E-state index in [1.807, 2.05) is 0 Å². The SMILES string of the molecule is CC(CNCc1ccc(O)cc1O)N1CCCC1. The molecule has 18 heavy (non-hydrogen) atoms. The summed E-state index contributed by atoms with van der Waals surface area (Å²) in [7, 11) is 0. The Morgan fingerprint density at radius 1 is 1.28 bits per heavy atom. The highest BCUT2D eigenvalue weighted by atomic mass is 16.3. The summed E-state index contributed by atoms with van der Waals surface area (Å²) in [5.41, 5.74) is 0.821. The molecule has 2 rings (SSSR count). The number of rotatable bonds is 5. The van der Waals surface area contributed by atoms with Gasteiger partial charge in [0, 0.05) is 30.8 Å². The van der Waals surface area contributed by atoms with Crippen LogP contribution >= 0.6 is 0 Å². The first-order chi connectivity index (χ1) is 8.66. The minimum Gasteiger partial charge on any atom is -0.508 e. The first kappa shape index (κ1) is 13.2. The topological polar surface area (TPSA) is 55.7 Å². The first-order valence-electron chi connectivity index (χ1n) is 6.62. The average Bonchev–Trinajstić information content (AvgIpc) is 2.85. The molecule has 0 spiro atoms. The van der Waals surface area contributed by atoms with Gasteiger partial charge >= 0.3 is 0 Å². The summed E-state index contributed by atoms with van der Waals surface area (Å²) in [4.78, 5) is 2.49. The third-order valence-corrected chi connectivity index (χ3v) is 3.59. The highest BCUT2D eigenvalue weighted by Gasteiger charge is 2.17. The second-order valence-corrected chi connectivity index (χ2v) is 5.04. The van der Waals surface area contributed by atoms with Crippen LogP contribution < -0.4 is 5.32 Å². The van der Waals surface area contributed by atoms with Crippen molar-refractivity contribution in [1.29, 1.82) is 0 Å². The van der Waals surface area contributed by atoms with Crippen molar-refractivity contribution < 1.29 is 10.2 Å². The Kier molecular flexibility index (Phi) is 4.44. The van der Waals surface area contributed by atoms with Gasteiger partial charge in [0.05, 0.1) is 0 Å². The summed E-state index contributed by atoms with van der Waals surface area (Å²) in [6.07, 6.45) is 2.62. The van der Waals surface area contributed by atoms with Crippen molar-refractivity contribution in [3.8, 4) is 11.5 Å². The van der Waals surface area contributed by atoms with Crippen LogP contribution in [0, 0.1) is 0 Å². The van der Waals surface area contributed by atoms with E-state index in [1.165, 1.54) is 32.0 Å². The van der Waals surface area contributed by atoms with Gasteiger partial charge in [0.1, 0.15) is 11.5 Å². The monoisotopic (exact) mass is 250 g/mol. The van der Waals surface area contributed by atoms with Crippen molar-refractivity contribution in [1.82, 2.24) is 10.2 Å². The molecule has 1 heterocycles. The number of hydrogen-bond acceptors (Lipinski definition) is 4. The van der Waals surface area contributed by atoms with Crippen molar-refractivity contribution in [2.75, 3.05) is 19.6 Å². The maximum atomic E-state index is 9.66. The zero-order valence-corrected chi connectivity index (χ0v) is 10.9. The highest BCUT2D eigenvalue weighted by Crippen LogP contribution is 2.22. The lowest BCUT2D eigenvalue weighted by Gasteiger charge is -2.24. The van der Waals surface area contributed by atoms with Crippen molar-refractivity contribution in [3.05, 3.63) is 23.8 Å². The molecule has 0 saturated carbocycles. The van der Waals surface area contributed by atoms with Crippen molar-refractivity contribution in [3.63, 3.8) is 0 Å². The van der Waals surface area contributed by atoms with E-state index >= 15 is 0 Å². The lowest BCUT2D eigenvalue weighted by Crippen LogP contribution is -2.38. The Labute approximate surface area is 108 Å². The van der Waals surface area contributed by atoms with Gasteiger partial charge in [0.15, 0.2) is 0 Å². The van der Waals surface area contributed by atoms with E-state index in [1.54, 1.807) is 12.1 Å². The van der Waals surface area contributed by atoms with Crippen molar-refractivity contribution in [2.45, 2.75) is 32.4 Å². The van der Waals surface area contributed by atoms with Crippen LogP contribution in [0.15, 0.2) is 18.2 Å². The number of nitrogens with one attached hydrogen (secondary N) is 1. The van der Waals surface area contributed by atoms with Crippen LogP contribution in [0.3, 0.4) is 0 Å². The third-order valence-electron chi connectivity index (χ3n) is 3.59. The summed E-state index contributed by atoms with van der Waals surface area (Å²) < 4.78 is 0. The fourth-order valence-electron chi connectivity index (χ4n) is 2.43. The molecule has 0 aromatic heterocycles. The number of aromatic hydroxyl groups is 2. The maximum Gasteiger partial charge on any atom is 0.123 e. The Morgan fingerprint density at radius 2 is 2.00 bits per heavy atom. The minimum atomic E-state index is 0.0988. The van der Waals surface area contributed by atoms with Gasteiger partial charge in [-0.3, -0.25) is 4.90 Å². The Morgan fingerprint density at radius 3 is 2.67 bits per heavy atom. The third kappa shape index (κ3) is 3.37. The van der Waals surface area contributed by atoms with Gasteiger partial charge in [-0.2, -0.15) is 0 Å². The van der Waals surface area contributed by atoms with Crippen molar-refractivity contribution >= 4 is 0 Å². The van der Waals surface area contributed by atoms with E-state index in [0.29, 0.717) is 12.6 Å². The van der Waals surface area contributed by atoms with Gasteiger partial charge in [0.25, 0.3) is 0 Å². The molecule has 0 aliphatic carbocycles. The summed E-state index contributed by atoms with van der Waals surface area (Å²) in [6.45, 7) is 6.18. The Hall–Kier alpha value is -1.26. The normalized spacial score (nSPS) is 18.1. The molecule has 1 saturated heterocycles. The molecule has 1 aromatic rings. The zero-order chi connectivity index (χ0) is 13.0. The van der Waals surface area contributed by atoms with Gasteiger partial charge in [-0.1, -0.05) is 6.07 Å². The largest absolute Gasteiger partial charge is 0.508 e. The first-order valence-corrected chi connectivity index (χ1v) is 6.62. The number of benzene rings is 1. The number of phenolic OH excluding ortho intramolecular Hbond substituents is 2. The summed E-state index contributed by atoms with van der Waals surface area (Å²) in [5, 5.41) is 22.2. The highest BCUT2D eigenvalue weighted by molar-refractivity contribution is 5.38. The number of likely N-dealkylation sites (tertiary alicyclic amines) is 1. The molecule has 0 bridgehead atoms. The zero-order valence-electron chi connectivity index (χ0n) is 10.9. The lowest BCUT2D eigenvalue weighted by molar-refractivity contribution is 0.251. The smallest absolute Gasteiger partial charge is 0.123 e. The predicted molar refractivity (Wildman–Crippen MR) is 71.7 cm³/mol. The molecule has 0 amide bonds. The number of hydrogen-bond donors (Lipinski definition) is 3. The quantitative estimate of drug-likeness (QED) is 0.744. The molecule has 3 N–H and O–H groups in total. The molecule has 1 fully saturated rings. The van der Waals surface area contributed by atoms with Crippen LogP contribution in [0.2, 0.25) is 0 Å². The van der Waals surface area contributed by atoms with Crippen LogP contribution in [-0.4, -0.2) is 40.8 Å². The molecule has 4 nitrogen and oxygen atoms in total. The molecule has 100 valence electrons. The fourth-order valence-corrected chi connectivity index (χ4v) is 2.43. The number of nitrogens with zero attached hydrogens (tertiary/aromatic N) is 1. The van der Waals surface area contributed by atoms with Gasteiger partial charge in [-0.05, 0) is 38.9 Å². The molecule has 1 unspecified atom stereocenters. The minimum absolute atomic E-state index is 0.0988. The molecule has 1 aliphatic heterocycles. The van der Waals surface area contributed by atoms with E-state index in [-0.39, 0.29) is 11.5 Å². The van der Waals surface area contributed by atoms with Crippen LogP contribution in [-0.2, 0) is 6.54 Å². The van der Waals surface area contributed by atoms with E-state index in [4.69, 9.17) is 0 Å². The molecule has 1 aromatic carbocycles. The van der Waals surface area contributed by atoms with Crippen LogP contribution in [0.1, 0.15) is 25.3 Å². The van der Waals surface area contributed by atoms with Gasteiger partial charge < -0.3 is 15.5 Å². The molecule has 1 aliphatic rings. The molecular weight excluding hydrogens is 228 g/mol. The summed E-state index contributed by atoms with van der Waals surface area (Å²) in [6, 6.07) is 5.26. The average molecular weight is 250 g/mol. The Bertz CT molecular complexity index is 389. The van der Waals surface area contributed by atoms with E-state index in [2.05, 4.69) is 17.1 Å². The lowest BCUT2D eigenvalue weighted by atomic mass is 10.2. The molecule has 0 radical (unpaired) electrons. The van der Waals surface area contributed by atoms with Gasteiger partial charge in [-0.25, -0.2) is 0 Å². The molecular formula is C14H22N2O2. The maximum absolute atomic E-state index is 9.66. The van der Waals surface area contributed by atoms with Crippen molar-refractivity contribution in [2.24, 2.45) is 0 Å². The second kappa shape index (κ2) is 6.07. The van der Waals surface area contributed by atoms with Crippen LogP contribution in [0.25, 0.3) is 0 Å². The fraction of sp³-hybridized carbons (Fsp3) is 0.571. The standard InChI is InChI=1S/C14H22N2O2/c1-11(16-6-2-3-7-16)9-15-10-12-4-5-13(17)8-14(12)18/h4-5,8,11,15,17-18H,2-3,6-7,9-10H2,1H3. The van der Waals surface area contributed by atoms with Gasteiger partial charge in [0.2, 0.25) is 0 Å². The van der Waals surface area contributed by atoms with Crippen LogP contribution in [0.5, 0.6) is 11.5 Å².